The molecular formula is C9H11NO4. The Hall–Kier alpha value is -1.62. The maximum absolute atomic E-state index is 10.6. The molecule has 0 heterocycles. The molecule has 76 valence electrons. The van der Waals surface area contributed by atoms with E-state index in [0.717, 1.165) is 0 Å². The van der Waals surface area contributed by atoms with Crippen LogP contribution in [0, 0.1) is 10.1 Å². The lowest BCUT2D eigenvalue weighted by molar-refractivity contribution is -0.385. The summed E-state index contributed by atoms with van der Waals surface area (Å²) in [6.07, 6.45) is -0.513. The van der Waals surface area contributed by atoms with E-state index in [1.165, 1.54) is 25.1 Å². The molecule has 5 nitrogen and oxygen atoms in total. The lowest BCUT2D eigenvalue weighted by Crippen LogP contribution is -2.06. The van der Waals surface area contributed by atoms with E-state index in [1.54, 1.807) is 0 Å². The quantitative estimate of drug-likeness (QED) is 0.563. The predicted octanol–water partition coefficient (Wildman–Crippen LogP) is 1.22. The van der Waals surface area contributed by atoms with Crippen LogP contribution in [0.1, 0.15) is 12.5 Å². The minimum absolute atomic E-state index is 0.0359. The Morgan fingerprint density at radius 1 is 1.57 bits per heavy atom. The second kappa shape index (κ2) is 4.06. The van der Waals surface area contributed by atoms with Gasteiger partial charge in [0.15, 0.2) is 0 Å². The van der Waals surface area contributed by atoms with Crippen LogP contribution < -0.4 is 0 Å². The third kappa shape index (κ3) is 2.43. The number of rotatable bonds is 3. The summed E-state index contributed by atoms with van der Waals surface area (Å²) in [7, 11) is 0. The average Bonchev–Trinajstić information content (AvgIpc) is 2.01. The molecule has 0 bridgehead atoms. The fourth-order valence-electron chi connectivity index (χ4n) is 1.23. The SMILES string of the molecule is C[C@H](O)Cc1cc(O)ccc1[N+](=O)[O-]. The fourth-order valence-corrected chi connectivity index (χ4v) is 1.23. The number of aromatic hydroxyl groups is 1. The summed E-state index contributed by atoms with van der Waals surface area (Å²) in [6, 6.07) is 3.78. The largest absolute Gasteiger partial charge is 0.508 e. The van der Waals surface area contributed by atoms with Gasteiger partial charge in [0.2, 0.25) is 0 Å². The van der Waals surface area contributed by atoms with Gasteiger partial charge in [-0.05, 0) is 19.1 Å². The van der Waals surface area contributed by atoms with Crippen molar-refractivity contribution in [1.29, 1.82) is 0 Å². The van der Waals surface area contributed by atoms with Crippen molar-refractivity contribution in [1.82, 2.24) is 0 Å². The van der Waals surface area contributed by atoms with Gasteiger partial charge in [-0.15, -0.1) is 0 Å². The van der Waals surface area contributed by atoms with Crippen molar-refractivity contribution in [2.24, 2.45) is 0 Å². The summed E-state index contributed by atoms with van der Waals surface area (Å²) in [6.45, 7) is 1.54. The van der Waals surface area contributed by atoms with Gasteiger partial charge in [0.05, 0.1) is 11.0 Å². The third-order valence-electron chi connectivity index (χ3n) is 1.78. The first-order valence-corrected chi connectivity index (χ1v) is 4.15. The van der Waals surface area contributed by atoms with Gasteiger partial charge in [0.1, 0.15) is 5.75 Å². The van der Waals surface area contributed by atoms with E-state index in [9.17, 15) is 10.1 Å². The van der Waals surface area contributed by atoms with Crippen LogP contribution in [0.2, 0.25) is 0 Å². The molecule has 1 atom stereocenters. The minimum atomic E-state index is -0.671. The molecule has 1 rings (SSSR count). The molecule has 14 heavy (non-hydrogen) atoms. The van der Waals surface area contributed by atoms with Gasteiger partial charge in [0.25, 0.3) is 5.69 Å². The van der Waals surface area contributed by atoms with Gasteiger partial charge >= 0.3 is 0 Å². The number of phenolic OH excluding ortho intramolecular Hbond substituents is 1. The molecule has 0 saturated heterocycles. The Morgan fingerprint density at radius 2 is 2.21 bits per heavy atom. The highest BCUT2D eigenvalue weighted by Crippen LogP contribution is 2.24. The summed E-state index contributed by atoms with van der Waals surface area (Å²) < 4.78 is 0. The van der Waals surface area contributed by atoms with Gasteiger partial charge < -0.3 is 10.2 Å². The topological polar surface area (TPSA) is 83.6 Å². The fraction of sp³-hybridized carbons (Fsp3) is 0.333. The molecule has 0 spiro atoms. The molecule has 0 radical (unpaired) electrons. The zero-order chi connectivity index (χ0) is 10.7. The van der Waals surface area contributed by atoms with E-state index in [0.29, 0.717) is 5.56 Å². The molecular weight excluding hydrogens is 186 g/mol. The molecule has 0 aliphatic rings. The van der Waals surface area contributed by atoms with E-state index in [2.05, 4.69) is 0 Å². The molecule has 0 saturated carbocycles. The Bertz CT molecular complexity index is 349. The highest BCUT2D eigenvalue weighted by molar-refractivity contribution is 5.45. The normalized spacial score (nSPS) is 12.4. The first-order valence-electron chi connectivity index (χ1n) is 4.15. The third-order valence-corrected chi connectivity index (χ3v) is 1.78. The summed E-state index contributed by atoms with van der Waals surface area (Å²) in [5.74, 6) is -0.0359. The number of aliphatic hydroxyl groups is 1. The Morgan fingerprint density at radius 3 is 2.71 bits per heavy atom. The smallest absolute Gasteiger partial charge is 0.272 e. The monoisotopic (exact) mass is 197 g/mol. The maximum Gasteiger partial charge on any atom is 0.272 e. The van der Waals surface area contributed by atoms with E-state index < -0.39 is 11.0 Å². The van der Waals surface area contributed by atoms with Gasteiger partial charge in [-0.1, -0.05) is 0 Å². The van der Waals surface area contributed by atoms with Crippen LogP contribution in [0.25, 0.3) is 0 Å². The van der Waals surface area contributed by atoms with Crippen molar-refractivity contribution >= 4 is 5.69 Å². The van der Waals surface area contributed by atoms with E-state index in [4.69, 9.17) is 10.2 Å². The lowest BCUT2D eigenvalue weighted by atomic mass is 10.1. The summed E-state index contributed by atoms with van der Waals surface area (Å²) in [4.78, 5) is 10.0. The summed E-state index contributed by atoms with van der Waals surface area (Å²) in [5, 5.41) is 28.8. The predicted molar refractivity (Wildman–Crippen MR) is 50.1 cm³/mol. The Balaban J connectivity index is 3.09. The number of hydrogen-bond acceptors (Lipinski definition) is 4. The van der Waals surface area contributed by atoms with Crippen molar-refractivity contribution < 1.29 is 15.1 Å². The first-order chi connectivity index (χ1) is 6.50. The number of aliphatic hydroxyl groups excluding tert-OH is 1. The molecule has 5 heteroatoms. The summed E-state index contributed by atoms with van der Waals surface area (Å²) in [5.41, 5.74) is 0.258. The van der Waals surface area contributed by atoms with Crippen LogP contribution in [0.5, 0.6) is 5.75 Å². The van der Waals surface area contributed by atoms with Crippen molar-refractivity contribution in [2.45, 2.75) is 19.4 Å². The number of phenols is 1. The van der Waals surface area contributed by atoms with Gasteiger partial charge in [0, 0.05) is 18.1 Å². The number of nitro benzene ring substituents is 1. The van der Waals surface area contributed by atoms with Crippen molar-refractivity contribution in [3.05, 3.63) is 33.9 Å². The average molecular weight is 197 g/mol. The van der Waals surface area contributed by atoms with Crippen LogP contribution in [0.3, 0.4) is 0 Å². The van der Waals surface area contributed by atoms with Crippen molar-refractivity contribution in [3.63, 3.8) is 0 Å². The number of benzene rings is 1. The molecule has 0 aliphatic heterocycles. The molecule has 2 N–H and O–H groups in total. The number of nitrogens with zero attached hydrogens (tertiary/aromatic N) is 1. The van der Waals surface area contributed by atoms with Crippen molar-refractivity contribution in [2.75, 3.05) is 0 Å². The highest BCUT2D eigenvalue weighted by atomic mass is 16.6. The van der Waals surface area contributed by atoms with E-state index in [-0.39, 0.29) is 17.9 Å². The van der Waals surface area contributed by atoms with Crippen LogP contribution in [-0.2, 0) is 6.42 Å². The lowest BCUT2D eigenvalue weighted by Gasteiger charge is -2.05. The molecule has 0 aliphatic carbocycles. The number of nitro groups is 1. The molecule has 0 amide bonds. The molecule has 0 fully saturated rings. The van der Waals surface area contributed by atoms with Crippen molar-refractivity contribution in [3.8, 4) is 5.75 Å². The Kier molecular flexibility index (Phi) is 3.03. The van der Waals surface area contributed by atoms with Gasteiger partial charge in [-0.2, -0.15) is 0 Å². The Labute approximate surface area is 80.8 Å². The molecule has 1 aromatic carbocycles. The maximum atomic E-state index is 10.6. The first kappa shape index (κ1) is 10.5. The summed E-state index contributed by atoms with van der Waals surface area (Å²) >= 11 is 0. The number of hydrogen-bond donors (Lipinski definition) is 2. The zero-order valence-corrected chi connectivity index (χ0v) is 7.67. The van der Waals surface area contributed by atoms with Crippen LogP contribution in [0.15, 0.2) is 18.2 Å². The molecule has 1 aromatic rings. The van der Waals surface area contributed by atoms with Crippen LogP contribution in [-0.4, -0.2) is 21.2 Å². The van der Waals surface area contributed by atoms with Crippen LogP contribution >= 0.6 is 0 Å². The van der Waals surface area contributed by atoms with Gasteiger partial charge in [-0.25, -0.2) is 0 Å². The zero-order valence-electron chi connectivity index (χ0n) is 7.67. The molecule has 0 unspecified atom stereocenters. The van der Waals surface area contributed by atoms with Gasteiger partial charge in [-0.3, -0.25) is 10.1 Å². The van der Waals surface area contributed by atoms with E-state index >= 15 is 0 Å². The minimum Gasteiger partial charge on any atom is -0.508 e. The second-order valence-electron chi connectivity index (χ2n) is 3.12. The molecule has 0 aromatic heterocycles. The van der Waals surface area contributed by atoms with Crippen LogP contribution in [0.4, 0.5) is 5.69 Å². The standard InChI is InChI=1S/C9H11NO4/c1-6(11)4-7-5-8(12)2-3-9(7)10(13)14/h2-3,5-6,11-12H,4H2,1H3/t6-/m0/s1. The second-order valence-corrected chi connectivity index (χ2v) is 3.12. The highest BCUT2D eigenvalue weighted by Gasteiger charge is 2.15. The van der Waals surface area contributed by atoms with E-state index in [1.807, 2.05) is 0 Å².